The van der Waals surface area contributed by atoms with Crippen LogP contribution in [-0.4, -0.2) is 86.5 Å². The van der Waals surface area contributed by atoms with Gasteiger partial charge in [-0.15, -0.1) is 16.4 Å². The summed E-state index contributed by atoms with van der Waals surface area (Å²) in [6, 6.07) is 7.37. The molecule has 1 saturated carbocycles. The number of amides is 1. The molecule has 1 aliphatic carbocycles. The van der Waals surface area contributed by atoms with Gasteiger partial charge >= 0.3 is 0 Å². The molecule has 0 bridgehead atoms. The van der Waals surface area contributed by atoms with E-state index in [1.54, 1.807) is 6.07 Å². The molecule has 14 heteroatoms. The van der Waals surface area contributed by atoms with Crippen LogP contribution in [0, 0.1) is 17.5 Å². The van der Waals surface area contributed by atoms with Gasteiger partial charge in [-0.2, -0.15) is 0 Å². The lowest BCUT2D eigenvalue weighted by atomic mass is 9.88. The summed E-state index contributed by atoms with van der Waals surface area (Å²) in [6.45, 7) is -0.652. The number of aromatic nitrogens is 3. The lowest BCUT2D eigenvalue weighted by Crippen LogP contribution is -2.63. The lowest BCUT2D eigenvalue weighted by Gasteiger charge is -2.46. The normalized spacial score (nSPS) is 27.5. The van der Waals surface area contributed by atoms with E-state index < -0.39 is 72.6 Å². The first-order chi connectivity index (χ1) is 21.2. The Labute approximate surface area is 254 Å². The highest BCUT2D eigenvalue weighted by Gasteiger charge is 2.52. The Morgan fingerprint density at radius 1 is 1.14 bits per heavy atom. The van der Waals surface area contributed by atoms with Crippen molar-refractivity contribution < 1.29 is 42.8 Å². The van der Waals surface area contributed by atoms with Gasteiger partial charge in [0.25, 0.3) is 5.91 Å². The minimum absolute atomic E-state index is 0.0315. The van der Waals surface area contributed by atoms with Crippen molar-refractivity contribution in [3.05, 3.63) is 65.4 Å². The second-order valence-electron chi connectivity index (χ2n) is 11.1. The van der Waals surface area contributed by atoms with E-state index >= 15 is 0 Å². The quantitative estimate of drug-likeness (QED) is 0.264. The summed E-state index contributed by atoms with van der Waals surface area (Å²) in [5, 5.41) is 43.4. The summed E-state index contributed by atoms with van der Waals surface area (Å²) in [6.07, 6.45) is -2.05. The van der Waals surface area contributed by atoms with Crippen LogP contribution in [0.15, 0.2) is 48.0 Å². The molecule has 4 aromatic rings. The number of aliphatic hydroxyl groups is 3. The average Bonchev–Trinajstić information content (AvgIpc) is 3.70. The molecule has 1 saturated heterocycles. The number of ether oxygens (including phenoxy) is 2. The van der Waals surface area contributed by atoms with Gasteiger partial charge in [0.1, 0.15) is 30.0 Å². The lowest BCUT2D eigenvalue weighted by molar-refractivity contribution is -0.211. The zero-order valence-electron chi connectivity index (χ0n) is 23.6. The van der Waals surface area contributed by atoms with Gasteiger partial charge < -0.3 is 29.7 Å². The largest absolute Gasteiger partial charge is 0.394 e. The van der Waals surface area contributed by atoms with Crippen LogP contribution in [0.25, 0.3) is 21.3 Å². The van der Waals surface area contributed by atoms with Crippen molar-refractivity contribution in [2.45, 2.75) is 68.3 Å². The van der Waals surface area contributed by atoms with E-state index in [0.717, 1.165) is 35.1 Å². The second-order valence-corrected chi connectivity index (χ2v) is 12.0. The van der Waals surface area contributed by atoms with Crippen molar-refractivity contribution in [2.24, 2.45) is 0 Å². The molecule has 0 spiro atoms. The van der Waals surface area contributed by atoms with Crippen molar-refractivity contribution in [1.29, 1.82) is 0 Å². The number of aliphatic hydroxyl groups excluding tert-OH is 3. The number of thiophene rings is 1. The minimum Gasteiger partial charge on any atom is -0.394 e. The summed E-state index contributed by atoms with van der Waals surface area (Å²) in [5.74, 6) is -4.99. The van der Waals surface area contributed by atoms with Crippen molar-refractivity contribution >= 4 is 33.0 Å². The van der Waals surface area contributed by atoms with Crippen LogP contribution < -0.4 is 4.90 Å². The Hall–Kier alpha value is -3.40. The molecule has 10 nitrogen and oxygen atoms in total. The predicted octanol–water partition coefficient (Wildman–Crippen LogP) is 3.59. The molecule has 5 unspecified atom stereocenters. The van der Waals surface area contributed by atoms with Gasteiger partial charge in [0.15, 0.2) is 23.6 Å². The highest BCUT2D eigenvalue weighted by Crippen LogP contribution is 2.37. The maximum Gasteiger partial charge on any atom is 0.259 e. The van der Waals surface area contributed by atoms with Crippen molar-refractivity contribution in [1.82, 2.24) is 15.0 Å². The van der Waals surface area contributed by atoms with E-state index in [9.17, 15) is 33.3 Å². The molecule has 0 radical (unpaired) electrons. The summed E-state index contributed by atoms with van der Waals surface area (Å²) in [5.41, 5.74) is 0.424. The van der Waals surface area contributed by atoms with Crippen LogP contribution in [0.1, 0.15) is 31.7 Å². The molecule has 2 fully saturated rings. The Bertz CT molecular complexity index is 1630. The van der Waals surface area contributed by atoms with Gasteiger partial charge in [-0.1, -0.05) is 24.1 Å². The van der Waals surface area contributed by atoms with Crippen LogP contribution in [0.2, 0.25) is 0 Å². The summed E-state index contributed by atoms with van der Waals surface area (Å²) >= 11 is 1.51. The van der Waals surface area contributed by atoms with E-state index in [1.807, 2.05) is 23.6 Å². The Balaban J connectivity index is 1.39. The zero-order chi connectivity index (χ0) is 31.1. The monoisotopic (exact) mass is 632 g/mol. The van der Waals surface area contributed by atoms with Gasteiger partial charge in [0.2, 0.25) is 0 Å². The first kappa shape index (κ1) is 30.6. The first-order valence-electron chi connectivity index (χ1n) is 14.2. The Morgan fingerprint density at radius 2 is 1.89 bits per heavy atom. The maximum absolute atomic E-state index is 14.6. The highest BCUT2D eigenvalue weighted by atomic mass is 32.1. The number of hydrogen-bond acceptors (Lipinski definition) is 9. The van der Waals surface area contributed by atoms with Crippen molar-refractivity contribution in [2.75, 3.05) is 18.6 Å². The number of methoxy groups -OCH3 is 1. The molecular weight excluding hydrogens is 601 g/mol. The van der Waals surface area contributed by atoms with Gasteiger partial charge in [0, 0.05) is 23.1 Å². The molecule has 3 heterocycles. The molecule has 1 aliphatic heterocycles. The minimum atomic E-state index is -1.63. The van der Waals surface area contributed by atoms with Gasteiger partial charge in [-0.3, -0.25) is 4.79 Å². The molecule has 2 aliphatic rings. The number of anilines is 1. The summed E-state index contributed by atoms with van der Waals surface area (Å²) in [4.78, 5) is 16.1. The van der Waals surface area contributed by atoms with Crippen molar-refractivity contribution in [3.63, 3.8) is 0 Å². The van der Waals surface area contributed by atoms with E-state index in [2.05, 4.69) is 10.3 Å². The first-order valence-corrected chi connectivity index (χ1v) is 15.1. The van der Waals surface area contributed by atoms with Gasteiger partial charge in [0.05, 0.1) is 24.9 Å². The number of rotatable bonds is 7. The summed E-state index contributed by atoms with van der Waals surface area (Å²) < 4.78 is 55.3. The third-order valence-electron chi connectivity index (χ3n) is 8.46. The number of hydrogen-bond donors (Lipinski definition) is 3. The highest BCUT2D eigenvalue weighted by molar-refractivity contribution is 7.17. The average molecular weight is 633 g/mol. The van der Waals surface area contributed by atoms with Crippen LogP contribution in [0.3, 0.4) is 0 Å². The molecular formula is C30H31F3N4O6S. The number of halogens is 3. The molecule has 6 rings (SSSR count). The maximum atomic E-state index is 14.6. The number of benzene rings is 2. The fourth-order valence-corrected chi connectivity index (χ4v) is 7.05. The summed E-state index contributed by atoms with van der Waals surface area (Å²) in [7, 11) is 1.33. The van der Waals surface area contributed by atoms with Gasteiger partial charge in [-0.05, 0) is 53.9 Å². The number of carbonyl (C=O) groups is 1. The Morgan fingerprint density at radius 3 is 2.59 bits per heavy atom. The Kier molecular flexibility index (Phi) is 8.72. The van der Waals surface area contributed by atoms with Crippen LogP contribution >= 0.6 is 11.3 Å². The zero-order valence-corrected chi connectivity index (χ0v) is 24.4. The fourth-order valence-electron chi connectivity index (χ4n) is 6.22. The molecule has 7 atom stereocenters. The number of fused-ring (bicyclic) bond motifs is 1. The third-order valence-corrected chi connectivity index (χ3v) is 9.34. The molecule has 234 valence electrons. The van der Waals surface area contributed by atoms with E-state index in [4.69, 9.17) is 9.47 Å². The smallest absolute Gasteiger partial charge is 0.259 e. The fraction of sp³-hybridized carbons (Fsp3) is 0.433. The molecule has 2 aromatic heterocycles. The topological polar surface area (TPSA) is 130 Å². The van der Waals surface area contributed by atoms with Gasteiger partial charge in [-0.25, -0.2) is 17.9 Å². The van der Waals surface area contributed by atoms with Crippen LogP contribution in [0.4, 0.5) is 18.9 Å². The van der Waals surface area contributed by atoms with Crippen LogP contribution in [-0.2, 0) is 14.3 Å². The number of carbonyl (C=O) groups excluding carboxylic acids is 1. The third kappa shape index (κ3) is 5.50. The molecule has 2 aromatic carbocycles. The van der Waals surface area contributed by atoms with E-state index in [1.165, 1.54) is 34.2 Å². The molecule has 44 heavy (non-hydrogen) atoms. The second kappa shape index (κ2) is 12.5. The molecule has 3 N–H and O–H groups in total. The van der Waals surface area contributed by atoms with E-state index in [-0.39, 0.29) is 11.3 Å². The molecule has 1 amide bonds. The van der Waals surface area contributed by atoms with E-state index in [0.29, 0.717) is 18.5 Å². The van der Waals surface area contributed by atoms with Crippen molar-refractivity contribution in [3.8, 4) is 11.3 Å². The standard InChI is InChI=1S/C30H31F3N4O6S/c1-42-28-26(36-13-20(34-35-36)16-10-18(31)25(33)19(32)11-16)27(40)23(14-38)43-29(28)30(41)37(21-4-2-3-5-22(21)39)17-7-6-15-8-9-44-24(15)12-17/h6-13,21-23,26-29,38-40H,2-5,14H2,1H3/t21-,22-,23?,26?,27?,28?,29?/m0/s1. The van der Waals surface area contributed by atoms with Crippen LogP contribution in [0.5, 0.6) is 0 Å². The predicted molar refractivity (Wildman–Crippen MR) is 154 cm³/mol. The number of nitrogens with zero attached hydrogens (tertiary/aromatic N) is 4. The SMILES string of the molecule is COC1C(C(=O)N(c2ccc3ccsc3c2)[C@H]2CCCC[C@@H]2O)OC(CO)C(O)C1n1cc(-c2cc(F)c(F)c(F)c2)nn1.